The molecule has 0 radical (unpaired) electrons. The van der Waals surface area contributed by atoms with Gasteiger partial charge < -0.3 is 14.8 Å². The zero-order chi connectivity index (χ0) is 19.6. The van der Waals surface area contributed by atoms with Gasteiger partial charge in [-0.3, -0.25) is 9.10 Å². The van der Waals surface area contributed by atoms with Crippen LogP contribution < -0.4 is 19.1 Å². The van der Waals surface area contributed by atoms with Crippen LogP contribution in [0.4, 0.5) is 5.69 Å². The molecule has 0 fully saturated rings. The molecule has 7 nitrogen and oxygen atoms in total. The molecule has 0 aromatic heterocycles. The van der Waals surface area contributed by atoms with Crippen molar-refractivity contribution >= 4 is 33.2 Å². The number of amides is 1. The Bertz CT molecular complexity index is 947. The van der Waals surface area contributed by atoms with Gasteiger partial charge in [0.05, 0.1) is 25.6 Å². The molecule has 2 aromatic rings. The first-order chi connectivity index (χ1) is 12.8. The number of nitrogens with zero attached hydrogens (tertiary/aromatic N) is 1. The first kappa shape index (κ1) is 19.3. The quantitative estimate of drug-likeness (QED) is 0.816. The van der Waals surface area contributed by atoms with E-state index in [0.29, 0.717) is 16.5 Å². The summed E-state index contributed by atoms with van der Waals surface area (Å²) in [6, 6.07) is 11.9. The van der Waals surface area contributed by atoms with Crippen LogP contribution in [0.25, 0.3) is 0 Å². The average Bonchev–Trinajstić information content (AvgIpc) is 2.64. The number of methoxy groups -OCH3 is 1. The molecule has 1 N–H and O–H groups in total. The van der Waals surface area contributed by atoms with Crippen molar-refractivity contribution in [3.05, 3.63) is 53.1 Å². The fourth-order valence-electron chi connectivity index (χ4n) is 2.72. The number of anilines is 1. The number of carbonyl (C=O) groups excluding carboxylic acids is 1. The van der Waals surface area contributed by atoms with Gasteiger partial charge in [-0.25, -0.2) is 8.42 Å². The second-order valence-electron chi connectivity index (χ2n) is 6.08. The number of rotatable bonds is 5. The number of halogens is 1. The molecule has 2 aromatic carbocycles. The van der Waals surface area contributed by atoms with Crippen LogP contribution in [0.15, 0.2) is 42.5 Å². The van der Waals surface area contributed by atoms with Crippen LogP contribution in [0.5, 0.6) is 11.5 Å². The van der Waals surface area contributed by atoms with Crippen LogP contribution in [-0.2, 0) is 21.4 Å². The van der Waals surface area contributed by atoms with Gasteiger partial charge >= 0.3 is 0 Å². The lowest BCUT2D eigenvalue weighted by atomic mass is 10.2. The Morgan fingerprint density at radius 2 is 2.00 bits per heavy atom. The third-order valence-electron chi connectivity index (χ3n) is 4.11. The highest BCUT2D eigenvalue weighted by molar-refractivity contribution is 7.92. The Hall–Kier alpha value is -2.45. The van der Waals surface area contributed by atoms with E-state index in [0.717, 1.165) is 21.9 Å². The summed E-state index contributed by atoms with van der Waals surface area (Å²) in [6.45, 7) is 0.162. The molecule has 0 saturated heterocycles. The lowest BCUT2D eigenvalue weighted by molar-refractivity contribution is -0.127. The van der Waals surface area contributed by atoms with Crippen molar-refractivity contribution in [2.75, 3.05) is 24.2 Å². The van der Waals surface area contributed by atoms with E-state index in [1.165, 1.54) is 6.07 Å². The largest absolute Gasteiger partial charge is 0.497 e. The number of hydrogen-bond donors (Lipinski definition) is 1. The van der Waals surface area contributed by atoms with Crippen molar-refractivity contribution in [1.82, 2.24) is 5.32 Å². The summed E-state index contributed by atoms with van der Waals surface area (Å²) in [5.41, 5.74) is 1.20. The molecule has 0 spiro atoms. The second kappa shape index (κ2) is 7.66. The third-order valence-corrected chi connectivity index (χ3v) is 5.49. The molecule has 1 aliphatic heterocycles. The van der Waals surface area contributed by atoms with Gasteiger partial charge in [0, 0.05) is 11.6 Å². The predicted octanol–water partition coefficient (Wildman–Crippen LogP) is 2.19. The molecule has 3 rings (SSSR count). The molecule has 0 unspecified atom stereocenters. The molecule has 144 valence electrons. The molecular weight excluding hydrogens is 392 g/mol. The van der Waals surface area contributed by atoms with Crippen LogP contribution >= 0.6 is 11.6 Å². The first-order valence-corrected chi connectivity index (χ1v) is 10.3. The molecule has 0 saturated carbocycles. The summed E-state index contributed by atoms with van der Waals surface area (Å²) in [6.07, 6.45) is 0.113. The number of sulfonamides is 1. The maximum atomic E-state index is 12.5. The second-order valence-corrected chi connectivity index (χ2v) is 8.42. The van der Waals surface area contributed by atoms with Crippen molar-refractivity contribution < 1.29 is 22.7 Å². The lowest BCUT2D eigenvalue weighted by Gasteiger charge is -2.34. The minimum atomic E-state index is -3.60. The molecule has 1 atom stereocenters. The van der Waals surface area contributed by atoms with Gasteiger partial charge in [0.15, 0.2) is 6.10 Å². The van der Waals surface area contributed by atoms with Crippen LogP contribution in [0.2, 0.25) is 5.02 Å². The number of ether oxygens (including phenoxy) is 2. The zero-order valence-electron chi connectivity index (χ0n) is 14.8. The highest BCUT2D eigenvalue weighted by Crippen LogP contribution is 2.37. The number of fused-ring (bicyclic) bond motifs is 1. The predicted molar refractivity (Wildman–Crippen MR) is 103 cm³/mol. The summed E-state index contributed by atoms with van der Waals surface area (Å²) in [4.78, 5) is 12.5. The SMILES string of the molecule is COc1ccc(CNC(=O)[C@@H]2CN(S(C)(=O)=O)c3cc(Cl)ccc3O2)cc1. The molecule has 9 heteroatoms. The van der Waals surface area contributed by atoms with E-state index in [4.69, 9.17) is 21.1 Å². The molecule has 27 heavy (non-hydrogen) atoms. The molecular formula is C18H19ClN2O5S. The highest BCUT2D eigenvalue weighted by Gasteiger charge is 2.35. The van der Waals surface area contributed by atoms with E-state index >= 15 is 0 Å². The number of carbonyl (C=O) groups is 1. The van der Waals surface area contributed by atoms with Crippen molar-refractivity contribution in [2.45, 2.75) is 12.6 Å². The van der Waals surface area contributed by atoms with Gasteiger partial charge in [0.1, 0.15) is 11.5 Å². The van der Waals surface area contributed by atoms with E-state index in [1.807, 2.05) is 12.1 Å². The summed E-state index contributed by atoms with van der Waals surface area (Å²) in [5.74, 6) is 0.612. The summed E-state index contributed by atoms with van der Waals surface area (Å²) in [5, 5.41) is 3.15. The van der Waals surface area contributed by atoms with Crippen LogP contribution in [0, 0.1) is 0 Å². The number of benzene rings is 2. The maximum Gasteiger partial charge on any atom is 0.263 e. The van der Waals surface area contributed by atoms with Crippen LogP contribution in [0.3, 0.4) is 0 Å². The summed E-state index contributed by atoms with van der Waals surface area (Å²) in [7, 11) is -2.02. The maximum absolute atomic E-state index is 12.5. The Labute approximate surface area is 162 Å². The van der Waals surface area contributed by atoms with Gasteiger partial charge in [-0.15, -0.1) is 0 Å². The monoisotopic (exact) mass is 410 g/mol. The van der Waals surface area contributed by atoms with E-state index < -0.39 is 22.0 Å². The Kier molecular flexibility index (Phi) is 5.48. The van der Waals surface area contributed by atoms with Crippen LogP contribution in [-0.4, -0.2) is 40.3 Å². The van der Waals surface area contributed by atoms with Gasteiger partial charge in [0.2, 0.25) is 10.0 Å². The molecule has 0 aliphatic carbocycles. The first-order valence-electron chi connectivity index (χ1n) is 8.12. The molecule has 0 bridgehead atoms. The number of nitrogens with one attached hydrogen (secondary N) is 1. The minimum Gasteiger partial charge on any atom is -0.497 e. The van der Waals surface area contributed by atoms with Gasteiger partial charge in [-0.1, -0.05) is 23.7 Å². The minimum absolute atomic E-state index is 0.124. The Morgan fingerprint density at radius 3 is 2.63 bits per heavy atom. The van der Waals surface area contributed by atoms with E-state index in [-0.39, 0.29) is 13.1 Å². The Morgan fingerprint density at radius 1 is 1.30 bits per heavy atom. The lowest BCUT2D eigenvalue weighted by Crippen LogP contribution is -2.50. The van der Waals surface area contributed by atoms with Crippen molar-refractivity contribution in [1.29, 1.82) is 0 Å². The van der Waals surface area contributed by atoms with E-state index in [9.17, 15) is 13.2 Å². The van der Waals surface area contributed by atoms with Crippen molar-refractivity contribution in [2.24, 2.45) is 0 Å². The van der Waals surface area contributed by atoms with Gasteiger partial charge in [-0.05, 0) is 35.9 Å². The van der Waals surface area contributed by atoms with Gasteiger partial charge in [0.25, 0.3) is 5.91 Å². The highest BCUT2D eigenvalue weighted by atomic mass is 35.5. The van der Waals surface area contributed by atoms with Crippen molar-refractivity contribution in [3.8, 4) is 11.5 Å². The Balaban J connectivity index is 1.74. The van der Waals surface area contributed by atoms with Crippen LogP contribution in [0.1, 0.15) is 5.56 Å². The summed E-state index contributed by atoms with van der Waals surface area (Å²) < 4.78 is 36.2. The zero-order valence-corrected chi connectivity index (χ0v) is 16.4. The average molecular weight is 411 g/mol. The number of hydrogen-bond acceptors (Lipinski definition) is 5. The fourth-order valence-corrected chi connectivity index (χ4v) is 3.79. The van der Waals surface area contributed by atoms with Gasteiger partial charge in [-0.2, -0.15) is 0 Å². The standard InChI is InChI=1S/C18H19ClN2O5S/c1-25-14-6-3-12(4-7-14)10-20-18(22)17-11-21(27(2,23)24)15-9-13(19)5-8-16(15)26-17/h3-9,17H,10-11H2,1-2H3,(H,20,22)/t17-/m0/s1. The van der Waals surface area contributed by atoms with Crippen molar-refractivity contribution in [3.63, 3.8) is 0 Å². The third kappa shape index (κ3) is 4.45. The molecule has 1 aliphatic rings. The fraction of sp³-hybridized carbons (Fsp3) is 0.278. The van der Waals surface area contributed by atoms with E-state index in [2.05, 4.69) is 5.32 Å². The summed E-state index contributed by atoms with van der Waals surface area (Å²) >= 11 is 5.96. The van der Waals surface area contributed by atoms with E-state index in [1.54, 1.807) is 31.4 Å². The molecule has 1 heterocycles. The smallest absolute Gasteiger partial charge is 0.263 e. The topological polar surface area (TPSA) is 84.9 Å². The molecule has 1 amide bonds. The normalized spacial score (nSPS) is 16.3.